The molecule has 1 aliphatic carbocycles. The Bertz CT molecular complexity index is 2560. The molecule has 8 aromatic carbocycles. The van der Waals surface area contributed by atoms with Gasteiger partial charge in [-0.25, -0.2) is 0 Å². The molecule has 240 valence electrons. The van der Waals surface area contributed by atoms with Crippen LogP contribution in [0.5, 0.6) is 0 Å². The summed E-state index contributed by atoms with van der Waals surface area (Å²) in [6, 6.07) is 60.6. The number of nitrogens with one attached hydrogen (secondary N) is 1. The van der Waals surface area contributed by atoms with E-state index in [1.807, 2.05) is 18.2 Å². The van der Waals surface area contributed by atoms with Crippen molar-refractivity contribution in [1.29, 1.82) is 0 Å². The zero-order valence-electron chi connectivity index (χ0n) is 27.9. The van der Waals surface area contributed by atoms with Crippen molar-refractivity contribution >= 4 is 38.5 Å². The fourth-order valence-electron chi connectivity index (χ4n) is 8.18. The fourth-order valence-corrected chi connectivity index (χ4v) is 8.18. The molecule has 9 rings (SSSR count). The predicted molar refractivity (Wildman–Crippen MR) is 210 cm³/mol. The molecule has 0 fully saturated rings. The van der Waals surface area contributed by atoms with Gasteiger partial charge in [-0.3, -0.25) is 10.3 Å². The molecule has 0 aromatic heterocycles. The summed E-state index contributed by atoms with van der Waals surface area (Å²) in [7, 11) is 0. The first-order valence-electron chi connectivity index (χ1n) is 17.3. The molecule has 0 spiro atoms. The molecule has 0 saturated heterocycles. The van der Waals surface area contributed by atoms with Gasteiger partial charge in [-0.1, -0.05) is 164 Å². The summed E-state index contributed by atoms with van der Waals surface area (Å²) in [5.74, 6) is 0. The molecule has 3 nitrogen and oxygen atoms in total. The molecule has 0 saturated carbocycles. The van der Waals surface area contributed by atoms with Crippen LogP contribution in [0.2, 0.25) is 0 Å². The van der Waals surface area contributed by atoms with E-state index in [1.165, 1.54) is 60.1 Å². The van der Waals surface area contributed by atoms with E-state index < -0.39 is 12.3 Å². The van der Waals surface area contributed by atoms with E-state index in [2.05, 4.69) is 170 Å². The summed E-state index contributed by atoms with van der Waals surface area (Å²) in [6.45, 7) is 2.35. The van der Waals surface area contributed by atoms with Gasteiger partial charge in [0.1, 0.15) is 6.17 Å². The van der Waals surface area contributed by atoms with Crippen LogP contribution in [0.4, 0.5) is 0 Å². The maximum atomic E-state index is 6.96. The third-order valence-electron chi connectivity index (χ3n) is 10.7. The Labute approximate surface area is 292 Å². The smallest absolute Gasteiger partial charge is 0.127 e. The third kappa shape index (κ3) is 4.86. The Morgan fingerprint density at radius 2 is 1.24 bits per heavy atom. The van der Waals surface area contributed by atoms with Crippen molar-refractivity contribution in [2.45, 2.75) is 24.7 Å². The van der Waals surface area contributed by atoms with E-state index in [1.54, 1.807) is 0 Å². The Morgan fingerprint density at radius 1 is 0.600 bits per heavy atom. The van der Waals surface area contributed by atoms with Gasteiger partial charge in [0.05, 0.1) is 6.17 Å². The Hall–Kier alpha value is -5.87. The molecule has 0 aliphatic heterocycles. The summed E-state index contributed by atoms with van der Waals surface area (Å²) in [5.41, 5.74) is 16.2. The van der Waals surface area contributed by atoms with Gasteiger partial charge >= 0.3 is 0 Å². The molecular formula is C47H37N3. The molecule has 3 unspecified atom stereocenters. The lowest BCUT2D eigenvalue weighted by Crippen LogP contribution is -2.32. The highest BCUT2D eigenvalue weighted by molar-refractivity contribution is 6.21. The second kappa shape index (κ2) is 12.2. The summed E-state index contributed by atoms with van der Waals surface area (Å²) in [5, 5.41) is 11.0. The quantitative estimate of drug-likeness (QED) is 0.0786. The van der Waals surface area contributed by atoms with Crippen molar-refractivity contribution in [3.63, 3.8) is 0 Å². The average Bonchev–Trinajstić information content (AvgIpc) is 3.45. The molecule has 50 heavy (non-hydrogen) atoms. The van der Waals surface area contributed by atoms with Gasteiger partial charge in [0.25, 0.3) is 0 Å². The molecule has 0 heterocycles. The Morgan fingerprint density at radius 3 is 2.06 bits per heavy atom. The number of aliphatic imine (C=N–C) groups is 1. The number of nitrogens with zero attached hydrogens (tertiary/aromatic N) is 1. The van der Waals surface area contributed by atoms with Gasteiger partial charge in [-0.05, 0) is 84.3 Å². The number of rotatable bonds is 7. The Kier molecular flexibility index (Phi) is 7.39. The average molecular weight is 644 g/mol. The first-order chi connectivity index (χ1) is 24.6. The summed E-state index contributed by atoms with van der Waals surface area (Å²) >= 11 is 0. The van der Waals surface area contributed by atoms with Crippen molar-refractivity contribution < 1.29 is 0 Å². The molecule has 0 amide bonds. The molecular weight excluding hydrogens is 607 g/mol. The van der Waals surface area contributed by atoms with Crippen molar-refractivity contribution in [1.82, 2.24) is 5.32 Å². The molecule has 3 N–H and O–H groups in total. The zero-order chi connectivity index (χ0) is 33.7. The van der Waals surface area contributed by atoms with Crippen molar-refractivity contribution in [2.75, 3.05) is 0 Å². The number of nitrogens with two attached hydrogens (primary N) is 1. The van der Waals surface area contributed by atoms with Crippen LogP contribution in [0.1, 0.15) is 52.6 Å². The van der Waals surface area contributed by atoms with Crippen LogP contribution in [-0.4, -0.2) is 6.21 Å². The minimum atomic E-state index is -0.435. The maximum Gasteiger partial charge on any atom is 0.127 e. The van der Waals surface area contributed by atoms with Gasteiger partial charge in [0.2, 0.25) is 0 Å². The molecule has 0 radical (unpaired) electrons. The van der Waals surface area contributed by atoms with Crippen LogP contribution < -0.4 is 11.1 Å². The van der Waals surface area contributed by atoms with Crippen molar-refractivity contribution in [3.8, 4) is 11.1 Å². The van der Waals surface area contributed by atoms with E-state index in [0.717, 1.165) is 16.7 Å². The molecule has 8 aromatic rings. The fraction of sp³-hybridized carbons (Fsp3) is 0.0851. The van der Waals surface area contributed by atoms with Crippen LogP contribution in [0.25, 0.3) is 43.4 Å². The van der Waals surface area contributed by atoms with Crippen LogP contribution in [-0.2, 0) is 5.41 Å². The van der Waals surface area contributed by atoms with Gasteiger partial charge in [0.15, 0.2) is 0 Å². The summed E-state index contributed by atoms with van der Waals surface area (Å²) in [4.78, 5) is 5.49. The molecule has 3 atom stereocenters. The summed E-state index contributed by atoms with van der Waals surface area (Å²) in [6.07, 6.45) is 1.22. The molecule has 3 heteroatoms. The first kappa shape index (κ1) is 30.2. The normalized spacial score (nSPS) is 16.5. The van der Waals surface area contributed by atoms with Gasteiger partial charge in [0, 0.05) is 17.2 Å². The first-order valence-corrected chi connectivity index (χ1v) is 17.3. The van der Waals surface area contributed by atoms with Crippen LogP contribution in [0.15, 0.2) is 175 Å². The van der Waals surface area contributed by atoms with Gasteiger partial charge < -0.3 is 5.73 Å². The van der Waals surface area contributed by atoms with Gasteiger partial charge in [-0.15, -0.1) is 0 Å². The van der Waals surface area contributed by atoms with Crippen LogP contribution in [0.3, 0.4) is 0 Å². The largest absolute Gasteiger partial charge is 0.312 e. The second-order valence-electron chi connectivity index (χ2n) is 13.4. The SMILES string of the molecule is CC1(c2ccccc2)c2ccccc2-c2c(C(N=Cc3c4ccccc4cc4ccc5ccccc5c34)NC(N)c3ccccc3)cccc21. The highest BCUT2D eigenvalue weighted by atomic mass is 15.1. The second-order valence-corrected chi connectivity index (χ2v) is 13.4. The Balaban J connectivity index is 1.28. The van der Waals surface area contributed by atoms with Crippen molar-refractivity contribution in [2.24, 2.45) is 10.7 Å². The van der Waals surface area contributed by atoms with Crippen molar-refractivity contribution in [3.05, 3.63) is 203 Å². The predicted octanol–water partition coefficient (Wildman–Crippen LogP) is 10.8. The highest BCUT2D eigenvalue weighted by Crippen LogP contribution is 2.54. The lowest BCUT2D eigenvalue weighted by molar-refractivity contribution is 0.467. The highest BCUT2D eigenvalue weighted by Gasteiger charge is 2.42. The van der Waals surface area contributed by atoms with Gasteiger partial charge in [-0.2, -0.15) is 0 Å². The van der Waals surface area contributed by atoms with Crippen LogP contribution >= 0.6 is 0 Å². The number of fused-ring (bicyclic) bond motifs is 7. The van der Waals surface area contributed by atoms with E-state index in [0.29, 0.717) is 0 Å². The lowest BCUT2D eigenvalue weighted by atomic mass is 9.74. The van der Waals surface area contributed by atoms with E-state index >= 15 is 0 Å². The van der Waals surface area contributed by atoms with E-state index in [9.17, 15) is 0 Å². The minimum absolute atomic E-state index is 0.316. The van der Waals surface area contributed by atoms with Crippen LogP contribution in [0, 0.1) is 0 Å². The standard InChI is InChI=1S/C47H37N3/c1-47(35-19-6-3-7-20-35)41-25-13-12-23-38(41)44-39(24-14-26-42(44)47)46(50-45(48)32-16-4-2-5-17-32)49-30-40-36-21-10-9-18-33(36)29-34-28-27-31-15-8-11-22-37(31)43(34)40/h2-30,45-46,50H,48H2,1H3. The van der Waals surface area contributed by atoms with E-state index in [-0.39, 0.29) is 5.41 Å². The molecule has 0 bridgehead atoms. The number of benzene rings is 8. The maximum absolute atomic E-state index is 6.96. The van der Waals surface area contributed by atoms with E-state index in [4.69, 9.17) is 10.7 Å². The monoisotopic (exact) mass is 643 g/mol. The summed E-state index contributed by atoms with van der Waals surface area (Å²) < 4.78 is 0. The molecule has 1 aliphatic rings. The third-order valence-corrected chi connectivity index (χ3v) is 10.7. The lowest BCUT2D eigenvalue weighted by Gasteiger charge is -2.29. The zero-order valence-corrected chi connectivity index (χ0v) is 27.9. The number of hydrogen-bond donors (Lipinski definition) is 2. The topological polar surface area (TPSA) is 50.4 Å². The number of hydrogen-bond acceptors (Lipinski definition) is 3. The minimum Gasteiger partial charge on any atom is -0.312 e.